The molecular weight excluding hydrogens is 375 g/mol. The van der Waals surface area contributed by atoms with E-state index in [-0.39, 0.29) is 6.42 Å². The minimum absolute atomic E-state index is 0.0418. The number of carbonyl (C=O) groups excluding carboxylic acids is 1. The zero-order valence-corrected chi connectivity index (χ0v) is 15.0. The summed E-state index contributed by atoms with van der Waals surface area (Å²) < 4.78 is 0. The number of carboxylic acid groups (broad SMARTS) is 1. The molecule has 5 nitrogen and oxygen atoms in total. The Morgan fingerprint density at radius 3 is 2.62 bits per heavy atom. The summed E-state index contributed by atoms with van der Waals surface area (Å²) in [6.45, 7) is 0. The number of amides is 1. The van der Waals surface area contributed by atoms with Crippen molar-refractivity contribution in [2.24, 2.45) is 0 Å². The first-order valence-corrected chi connectivity index (χ1v) is 8.52. The number of hydrogen-bond donors (Lipinski definition) is 2. The van der Waals surface area contributed by atoms with Gasteiger partial charge in [-0.05, 0) is 29.8 Å². The van der Waals surface area contributed by atoms with Gasteiger partial charge in [0.25, 0.3) is 5.91 Å². The number of aliphatic carboxylic acids is 1. The van der Waals surface area contributed by atoms with Crippen LogP contribution in [0.1, 0.15) is 15.9 Å². The fourth-order valence-corrected chi connectivity index (χ4v) is 3.12. The van der Waals surface area contributed by atoms with Crippen LogP contribution in [0.25, 0.3) is 10.9 Å². The van der Waals surface area contributed by atoms with Gasteiger partial charge >= 0.3 is 5.97 Å². The summed E-state index contributed by atoms with van der Waals surface area (Å²) in [5.41, 5.74) is 1.61. The lowest BCUT2D eigenvalue weighted by atomic mass is 10.0. The quantitative estimate of drug-likeness (QED) is 0.692. The summed E-state index contributed by atoms with van der Waals surface area (Å²) in [4.78, 5) is 28.5. The van der Waals surface area contributed by atoms with Gasteiger partial charge in [-0.2, -0.15) is 0 Å². The SMILES string of the molecule is O=C(N[C@@H](Cc1ccc(Cl)cc1Cl)C(=O)O)c1ccnc2ccccc12. The van der Waals surface area contributed by atoms with Crippen LogP contribution < -0.4 is 5.32 Å². The maximum Gasteiger partial charge on any atom is 0.326 e. The highest BCUT2D eigenvalue weighted by Gasteiger charge is 2.23. The monoisotopic (exact) mass is 388 g/mol. The van der Waals surface area contributed by atoms with Crippen molar-refractivity contribution in [3.05, 3.63) is 75.9 Å². The Kier molecular flexibility index (Phi) is 5.40. The minimum atomic E-state index is -1.15. The molecule has 26 heavy (non-hydrogen) atoms. The third-order valence-electron chi connectivity index (χ3n) is 3.94. The molecule has 0 aliphatic carbocycles. The largest absolute Gasteiger partial charge is 0.480 e. The van der Waals surface area contributed by atoms with Gasteiger partial charge in [0.15, 0.2) is 0 Å². The number of pyridine rings is 1. The van der Waals surface area contributed by atoms with E-state index in [1.807, 2.05) is 6.07 Å². The van der Waals surface area contributed by atoms with Crippen molar-refractivity contribution in [2.45, 2.75) is 12.5 Å². The van der Waals surface area contributed by atoms with Crippen LogP contribution in [0.4, 0.5) is 0 Å². The number of carboxylic acids is 1. The van der Waals surface area contributed by atoms with Crippen LogP contribution in [0.2, 0.25) is 10.0 Å². The number of aromatic nitrogens is 1. The van der Waals surface area contributed by atoms with Gasteiger partial charge in [0, 0.05) is 28.0 Å². The van der Waals surface area contributed by atoms with Gasteiger partial charge in [-0.15, -0.1) is 0 Å². The minimum Gasteiger partial charge on any atom is -0.480 e. The van der Waals surface area contributed by atoms with E-state index in [9.17, 15) is 14.7 Å². The molecular formula is C19H14Cl2N2O3. The highest BCUT2D eigenvalue weighted by atomic mass is 35.5. The molecule has 2 aromatic carbocycles. The Hall–Kier alpha value is -2.63. The van der Waals surface area contributed by atoms with Gasteiger partial charge in [0.05, 0.1) is 11.1 Å². The second-order valence-electron chi connectivity index (χ2n) is 5.68. The van der Waals surface area contributed by atoms with E-state index in [0.29, 0.717) is 32.1 Å². The average Bonchev–Trinajstić information content (AvgIpc) is 2.62. The van der Waals surface area contributed by atoms with Crippen LogP contribution in [-0.4, -0.2) is 28.0 Å². The van der Waals surface area contributed by atoms with Gasteiger partial charge in [0.2, 0.25) is 0 Å². The highest BCUT2D eigenvalue weighted by Crippen LogP contribution is 2.22. The summed E-state index contributed by atoms with van der Waals surface area (Å²) in [5, 5.41) is 13.5. The fourth-order valence-electron chi connectivity index (χ4n) is 2.64. The molecule has 0 saturated carbocycles. The number of rotatable bonds is 5. The van der Waals surface area contributed by atoms with E-state index >= 15 is 0 Å². The highest BCUT2D eigenvalue weighted by molar-refractivity contribution is 6.35. The molecule has 0 aliphatic rings. The molecule has 0 radical (unpaired) electrons. The third-order valence-corrected chi connectivity index (χ3v) is 4.52. The molecule has 0 fully saturated rings. The van der Waals surface area contributed by atoms with Crippen LogP contribution in [0.5, 0.6) is 0 Å². The number of hydrogen-bond acceptors (Lipinski definition) is 3. The lowest BCUT2D eigenvalue weighted by Crippen LogP contribution is -2.42. The standard InChI is InChI=1S/C19H14Cl2N2O3/c20-12-6-5-11(15(21)10-12)9-17(19(25)26)23-18(24)14-7-8-22-16-4-2-1-3-13(14)16/h1-8,10,17H,9H2,(H,23,24)(H,25,26)/t17-/m0/s1. The van der Waals surface area contributed by atoms with E-state index in [1.54, 1.807) is 36.4 Å². The lowest BCUT2D eigenvalue weighted by Gasteiger charge is -2.16. The van der Waals surface area contributed by atoms with Crippen molar-refractivity contribution < 1.29 is 14.7 Å². The molecule has 7 heteroatoms. The maximum atomic E-state index is 12.6. The first-order chi connectivity index (χ1) is 12.5. The fraction of sp³-hybridized carbons (Fsp3) is 0.105. The Morgan fingerprint density at radius 2 is 1.88 bits per heavy atom. The van der Waals surface area contributed by atoms with Crippen molar-refractivity contribution in [2.75, 3.05) is 0 Å². The summed E-state index contributed by atoms with van der Waals surface area (Å²) in [5.74, 6) is -1.64. The number of benzene rings is 2. The number of fused-ring (bicyclic) bond motifs is 1. The molecule has 0 aliphatic heterocycles. The summed E-state index contributed by atoms with van der Waals surface area (Å²) in [6, 6.07) is 12.4. The van der Waals surface area contributed by atoms with Crippen molar-refractivity contribution in [3.8, 4) is 0 Å². The molecule has 132 valence electrons. The molecule has 0 unspecified atom stereocenters. The second-order valence-corrected chi connectivity index (χ2v) is 6.52. The molecule has 1 amide bonds. The van der Waals surface area contributed by atoms with Crippen LogP contribution in [0, 0.1) is 0 Å². The first kappa shape index (κ1) is 18.2. The van der Waals surface area contributed by atoms with Crippen LogP contribution >= 0.6 is 23.2 Å². The van der Waals surface area contributed by atoms with E-state index in [1.165, 1.54) is 12.3 Å². The zero-order chi connectivity index (χ0) is 18.7. The van der Waals surface area contributed by atoms with Gasteiger partial charge < -0.3 is 10.4 Å². The molecule has 2 N–H and O–H groups in total. The Labute approximate surface area is 159 Å². The Bertz CT molecular complexity index is 986. The topological polar surface area (TPSA) is 79.3 Å². The summed E-state index contributed by atoms with van der Waals surface area (Å²) >= 11 is 12.0. The summed E-state index contributed by atoms with van der Waals surface area (Å²) in [6.07, 6.45) is 1.56. The Morgan fingerprint density at radius 1 is 1.12 bits per heavy atom. The van der Waals surface area contributed by atoms with E-state index in [2.05, 4.69) is 10.3 Å². The first-order valence-electron chi connectivity index (χ1n) is 7.77. The molecule has 0 bridgehead atoms. The predicted molar refractivity (Wildman–Crippen MR) is 101 cm³/mol. The molecule has 3 aromatic rings. The molecule has 1 heterocycles. The molecule has 0 spiro atoms. The van der Waals surface area contributed by atoms with Gasteiger partial charge in [-0.1, -0.05) is 47.5 Å². The molecule has 1 atom stereocenters. The molecule has 1 aromatic heterocycles. The average molecular weight is 389 g/mol. The van der Waals surface area contributed by atoms with E-state index < -0.39 is 17.9 Å². The van der Waals surface area contributed by atoms with E-state index in [4.69, 9.17) is 23.2 Å². The number of carbonyl (C=O) groups is 2. The molecule has 3 rings (SSSR count). The van der Waals surface area contributed by atoms with Crippen molar-refractivity contribution in [3.63, 3.8) is 0 Å². The normalized spacial score (nSPS) is 11.9. The Balaban J connectivity index is 1.85. The van der Waals surface area contributed by atoms with Crippen molar-refractivity contribution in [1.82, 2.24) is 10.3 Å². The number of para-hydroxylation sites is 1. The third kappa shape index (κ3) is 3.95. The van der Waals surface area contributed by atoms with Crippen molar-refractivity contribution in [1.29, 1.82) is 0 Å². The van der Waals surface area contributed by atoms with Gasteiger partial charge in [0.1, 0.15) is 6.04 Å². The predicted octanol–water partition coefficient (Wildman–Crippen LogP) is 3.97. The summed E-state index contributed by atoms with van der Waals surface area (Å²) in [7, 11) is 0. The van der Waals surface area contributed by atoms with E-state index in [0.717, 1.165) is 0 Å². The van der Waals surface area contributed by atoms with Gasteiger partial charge in [-0.3, -0.25) is 9.78 Å². The molecule has 0 saturated heterocycles. The van der Waals surface area contributed by atoms with Crippen molar-refractivity contribution >= 4 is 46.0 Å². The van der Waals surface area contributed by atoms with Crippen LogP contribution in [0.3, 0.4) is 0 Å². The zero-order valence-electron chi connectivity index (χ0n) is 13.4. The number of nitrogens with one attached hydrogen (secondary N) is 1. The van der Waals surface area contributed by atoms with Crippen LogP contribution in [-0.2, 0) is 11.2 Å². The van der Waals surface area contributed by atoms with Gasteiger partial charge in [-0.25, -0.2) is 4.79 Å². The number of nitrogens with zero attached hydrogens (tertiary/aromatic N) is 1. The number of halogens is 2. The second kappa shape index (κ2) is 7.72. The smallest absolute Gasteiger partial charge is 0.326 e. The lowest BCUT2D eigenvalue weighted by molar-refractivity contribution is -0.139. The maximum absolute atomic E-state index is 12.6. The van der Waals surface area contributed by atoms with Crippen LogP contribution in [0.15, 0.2) is 54.7 Å².